The molecule has 1 unspecified atom stereocenters. The number of halogens is 1. The van der Waals surface area contributed by atoms with Gasteiger partial charge in [-0.1, -0.05) is 65.8 Å². The Morgan fingerprint density at radius 3 is 1.78 bits per heavy atom. The van der Waals surface area contributed by atoms with Crippen molar-refractivity contribution in [3.63, 3.8) is 0 Å². The van der Waals surface area contributed by atoms with Crippen molar-refractivity contribution >= 4 is 5.71 Å². The van der Waals surface area contributed by atoms with Crippen LogP contribution in [0, 0.1) is 0 Å². The fourth-order valence-electron chi connectivity index (χ4n) is 1.59. The average molecular weight is 243 g/mol. The monoisotopic (exact) mass is 243 g/mol. The van der Waals surface area contributed by atoms with Crippen LogP contribution in [0.5, 0.6) is 0 Å². The first-order chi connectivity index (χ1) is 8.77. The van der Waals surface area contributed by atoms with E-state index in [0.717, 1.165) is 11.1 Å². The SMILES string of the molecule is CC(F)ON=C(c1ccccc1)c1ccccc1. The highest BCUT2D eigenvalue weighted by atomic mass is 19.1. The molecule has 0 radical (unpaired) electrons. The maximum absolute atomic E-state index is 12.8. The molecule has 0 spiro atoms. The first-order valence-corrected chi connectivity index (χ1v) is 5.76. The number of rotatable bonds is 4. The third kappa shape index (κ3) is 3.17. The fourth-order valence-corrected chi connectivity index (χ4v) is 1.59. The van der Waals surface area contributed by atoms with Crippen LogP contribution in [0.3, 0.4) is 0 Å². The number of oxime groups is 1. The van der Waals surface area contributed by atoms with Crippen LogP contribution in [0.25, 0.3) is 0 Å². The molecule has 1 atom stereocenters. The van der Waals surface area contributed by atoms with Crippen LogP contribution in [0.15, 0.2) is 65.8 Å². The lowest BCUT2D eigenvalue weighted by molar-refractivity contribution is -0.0212. The number of hydrogen-bond donors (Lipinski definition) is 0. The zero-order valence-electron chi connectivity index (χ0n) is 10.1. The molecule has 0 N–H and O–H groups in total. The fraction of sp³-hybridized carbons (Fsp3) is 0.133. The molecule has 0 saturated carbocycles. The van der Waals surface area contributed by atoms with Gasteiger partial charge in [0.05, 0.1) is 0 Å². The molecule has 0 aromatic heterocycles. The van der Waals surface area contributed by atoms with Gasteiger partial charge in [0.15, 0.2) is 0 Å². The zero-order chi connectivity index (χ0) is 12.8. The van der Waals surface area contributed by atoms with Crippen LogP contribution >= 0.6 is 0 Å². The summed E-state index contributed by atoms with van der Waals surface area (Å²) < 4.78 is 12.8. The lowest BCUT2D eigenvalue weighted by atomic mass is 10.0. The number of hydrogen-bond acceptors (Lipinski definition) is 2. The number of alkyl halides is 1. The summed E-state index contributed by atoms with van der Waals surface area (Å²) in [7, 11) is 0. The quantitative estimate of drug-likeness (QED) is 0.591. The molecule has 0 amide bonds. The molecule has 0 aliphatic heterocycles. The summed E-state index contributed by atoms with van der Waals surface area (Å²) in [6.45, 7) is 1.30. The van der Waals surface area contributed by atoms with Crippen molar-refractivity contribution in [2.24, 2.45) is 5.16 Å². The predicted molar refractivity (Wildman–Crippen MR) is 70.2 cm³/mol. The van der Waals surface area contributed by atoms with E-state index >= 15 is 0 Å². The van der Waals surface area contributed by atoms with Crippen LogP contribution in [0.2, 0.25) is 0 Å². The van der Waals surface area contributed by atoms with Crippen molar-refractivity contribution < 1.29 is 9.23 Å². The van der Waals surface area contributed by atoms with E-state index in [-0.39, 0.29) is 0 Å². The maximum Gasteiger partial charge on any atom is 0.261 e. The van der Waals surface area contributed by atoms with E-state index in [4.69, 9.17) is 4.84 Å². The molecule has 0 fully saturated rings. The van der Waals surface area contributed by atoms with Gasteiger partial charge in [-0.2, -0.15) is 4.39 Å². The lowest BCUT2D eigenvalue weighted by Gasteiger charge is -2.07. The van der Waals surface area contributed by atoms with Gasteiger partial charge >= 0.3 is 0 Å². The van der Waals surface area contributed by atoms with Gasteiger partial charge in [-0.25, -0.2) is 0 Å². The van der Waals surface area contributed by atoms with Gasteiger partial charge in [0.1, 0.15) is 5.71 Å². The molecule has 0 heterocycles. The van der Waals surface area contributed by atoms with Crippen molar-refractivity contribution in [1.82, 2.24) is 0 Å². The van der Waals surface area contributed by atoms with E-state index in [1.807, 2.05) is 60.7 Å². The standard InChI is InChI=1S/C15H14FNO/c1-12(16)18-17-15(13-8-4-2-5-9-13)14-10-6-3-7-11-14/h2-12H,1H3. The number of nitrogens with zero attached hydrogens (tertiary/aromatic N) is 1. The van der Waals surface area contributed by atoms with Crippen molar-refractivity contribution in [2.75, 3.05) is 0 Å². The van der Waals surface area contributed by atoms with E-state index in [2.05, 4.69) is 5.16 Å². The second-order valence-electron chi connectivity index (χ2n) is 3.82. The normalized spacial score (nSPS) is 11.7. The van der Waals surface area contributed by atoms with E-state index in [1.165, 1.54) is 6.92 Å². The van der Waals surface area contributed by atoms with Crippen molar-refractivity contribution in [2.45, 2.75) is 13.3 Å². The minimum absolute atomic E-state index is 0.626. The molecule has 3 heteroatoms. The van der Waals surface area contributed by atoms with E-state index in [9.17, 15) is 4.39 Å². The minimum atomic E-state index is -1.42. The van der Waals surface area contributed by atoms with Crippen LogP contribution in [0.4, 0.5) is 4.39 Å². The summed E-state index contributed by atoms with van der Waals surface area (Å²) in [5.74, 6) is 0. The average Bonchev–Trinajstić information content (AvgIpc) is 2.41. The second-order valence-corrected chi connectivity index (χ2v) is 3.82. The Bertz CT molecular complexity index is 467. The summed E-state index contributed by atoms with van der Waals surface area (Å²) >= 11 is 0. The van der Waals surface area contributed by atoms with Gasteiger partial charge in [-0.05, 0) is 0 Å². The van der Waals surface area contributed by atoms with Crippen LogP contribution < -0.4 is 0 Å². The Balaban J connectivity index is 2.39. The molecule has 2 aromatic rings. The summed E-state index contributed by atoms with van der Waals surface area (Å²) in [6, 6.07) is 19.1. The zero-order valence-corrected chi connectivity index (χ0v) is 10.1. The van der Waals surface area contributed by atoms with Gasteiger partial charge in [-0.15, -0.1) is 0 Å². The van der Waals surface area contributed by atoms with E-state index in [0.29, 0.717) is 5.71 Å². The highest BCUT2D eigenvalue weighted by Gasteiger charge is 2.07. The molecule has 92 valence electrons. The summed E-state index contributed by atoms with van der Waals surface area (Å²) in [5, 5.41) is 3.91. The Labute approximate surface area is 106 Å². The van der Waals surface area contributed by atoms with Crippen LogP contribution in [-0.4, -0.2) is 12.1 Å². The summed E-state index contributed by atoms with van der Waals surface area (Å²) in [4.78, 5) is 4.73. The van der Waals surface area contributed by atoms with Crippen molar-refractivity contribution in [3.05, 3.63) is 71.8 Å². The largest absolute Gasteiger partial charge is 0.358 e. The van der Waals surface area contributed by atoms with Gasteiger partial charge in [0.2, 0.25) is 0 Å². The number of benzene rings is 2. The topological polar surface area (TPSA) is 21.6 Å². The first-order valence-electron chi connectivity index (χ1n) is 5.76. The molecule has 0 saturated heterocycles. The van der Waals surface area contributed by atoms with Gasteiger partial charge in [0, 0.05) is 18.1 Å². The summed E-state index contributed by atoms with van der Waals surface area (Å²) in [5.41, 5.74) is 2.41. The van der Waals surface area contributed by atoms with Crippen LogP contribution in [0.1, 0.15) is 18.1 Å². The van der Waals surface area contributed by atoms with Gasteiger partial charge in [0.25, 0.3) is 6.36 Å². The Morgan fingerprint density at radius 1 is 0.944 bits per heavy atom. The molecular weight excluding hydrogens is 229 g/mol. The van der Waals surface area contributed by atoms with Crippen LogP contribution in [-0.2, 0) is 4.84 Å². The van der Waals surface area contributed by atoms with Gasteiger partial charge in [-0.3, -0.25) is 0 Å². The summed E-state index contributed by atoms with van der Waals surface area (Å²) in [6.07, 6.45) is -1.42. The highest BCUT2D eigenvalue weighted by Crippen LogP contribution is 2.11. The smallest absolute Gasteiger partial charge is 0.261 e. The lowest BCUT2D eigenvalue weighted by Crippen LogP contribution is -2.06. The molecule has 0 bridgehead atoms. The van der Waals surface area contributed by atoms with E-state index in [1.54, 1.807) is 0 Å². The van der Waals surface area contributed by atoms with Crippen molar-refractivity contribution in [1.29, 1.82) is 0 Å². The molecular formula is C15H14FNO. The van der Waals surface area contributed by atoms with E-state index < -0.39 is 6.36 Å². The Kier molecular flexibility index (Phi) is 4.07. The minimum Gasteiger partial charge on any atom is -0.358 e. The Morgan fingerprint density at radius 2 is 1.39 bits per heavy atom. The third-order valence-corrected chi connectivity index (χ3v) is 2.38. The molecule has 0 aliphatic rings. The molecule has 2 nitrogen and oxygen atoms in total. The third-order valence-electron chi connectivity index (χ3n) is 2.38. The predicted octanol–water partition coefficient (Wildman–Crippen LogP) is 3.77. The molecule has 18 heavy (non-hydrogen) atoms. The molecule has 2 aromatic carbocycles. The Hall–Kier alpha value is -2.16. The first kappa shape index (κ1) is 12.3. The van der Waals surface area contributed by atoms with Crippen molar-refractivity contribution in [3.8, 4) is 0 Å². The highest BCUT2D eigenvalue weighted by molar-refractivity contribution is 6.12. The second kappa shape index (κ2) is 5.96. The molecule has 0 aliphatic carbocycles. The maximum atomic E-state index is 12.8. The molecule has 2 rings (SSSR count). The van der Waals surface area contributed by atoms with Gasteiger partial charge < -0.3 is 4.84 Å².